The van der Waals surface area contributed by atoms with Crippen molar-refractivity contribution in [2.24, 2.45) is 0 Å². The molecule has 2 aromatic heterocycles. The molecule has 3 aromatic carbocycles. The monoisotopic (exact) mass is 496 g/mol. The summed E-state index contributed by atoms with van der Waals surface area (Å²) in [6, 6.07) is 20.9. The third-order valence-corrected chi connectivity index (χ3v) is 7.35. The van der Waals surface area contributed by atoms with Crippen molar-refractivity contribution in [2.45, 2.75) is 26.9 Å². The fourth-order valence-corrected chi connectivity index (χ4v) is 5.52. The van der Waals surface area contributed by atoms with Crippen molar-refractivity contribution in [3.63, 3.8) is 0 Å². The summed E-state index contributed by atoms with van der Waals surface area (Å²) in [4.78, 5) is 19.9. The predicted octanol–water partition coefficient (Wildman–Crippen LogP) is 5.34. The largest absolute Gasteiger partial charge is 0.462 e. The van der Waals surface area contributed by atoms with Crippen LogP contribution in [0, 0.1) is 0 Å². The molecule has 1 fully saturated rings. The lowest BCUT2D eigenvalue weighted by atomic mass is 10.1. The molecule has 0 spiro atoms. The number of carbonyl (C=O) groups is 1. The van der Waals surface area contributed by atoms with E-state index in [9.17, 15) is 4.79 Å². The maximum absolute atomic E-state index is 12.4. The first-order valence-electron chi connectivity index (χ1n) is 13.2. The molecule has 0 N–H and O–H groups in total. The molecule has 0 radical (unpaired) electrons. The summed E-state index contributed by atoms with van der Waals surface area (Å²) >= 11 is 0. The number of morpholine rings is 1. The van der Waals surface area contributed by atoms with Crippen molar-refractivity contribution < 1.29 is 14.3 Å². The molecular formula is C30H32N4O3. The van der Waals surface area contributed by atoms with Crippen molar-refractivity contribution in [1.82, 2.24) is 19.0 Å². The fourth-order valence-electron chi connectivity index (χ4n) is 5.52. The van der Waals surface area contributed by atoms with Crippen LogP contribution < -0.4 is 0 Å². The van der Waals surface area contributed by atoms with Gasteiger partial charge in [-0.2, -0.15) is 0 Å². The van der Waals surface area contributed by atoms with Gasteiger partial charge < -0.3 is 18.6 Å². The Hall–Kier alpha value is -3.68. The molecule has 37 heavy (non-hydrogen) atoms. The zero-order chi connectivity index (χ0) is 25.4. The molecule has 3 heterocycles. The molecule has 6 rings (SSSR count). The zero-order valence-electron chi connectivity index (χ0n) is 21.4. The molecule has 1 saturated heterocycles. The first-order valence-corrected chi connectivity index (χ1v) is 13.2. The van der Waals surface area contributed by atoms with Crippen LogP contribution in [0.3, 0.4) is 0 Å². The minimum absolute atomic E-state index is 0.317. The Morgan fingerprint density at radius 2 is 1.68 bits per heavy atom. The number of ether oxygens (including phenoxy) is 2. The average molecular weight is 497 g/mol. The summed E-state index contributed by atoms with van der Waals surface area (Å²) in [6.45, 7) is 10.4. The number of rotatable bonds is 7. The van der Waals surface area contributed by atoms with Crippen molar-refractivity contribution in [3.8, 4) is 11.4 Å². The van der Waals surface area contributed by atoms with E-state index in [2.05, 4.69) is 63.4 Å². The van der Waals surface area contributed by atoms with Crippen LogP contribution in [0.1, 0.15) is 24.2 Å². The van der Waals surface area contributed by atoms with Crippen LogP contribution in [0.15, 0.2) is 60.7 Å². The molecule has 0 atom stereocenters. The Morgan fingerprint density at radius 3 is 2.49 bits per heavy atom. The highest BCUT2D eigenvalue weighted by Crippen LogP contribution is 2.34. The summed E-state index contributed by atoms with van der Waals surface area (Å²) < 4.78 is 15.4. The second-order valence-corrected chi connectivity index (χ2v) is 9.46. The lowest BCUT2D eigenvalue weighted by Crippen LogP contribution is -2.38. The lowest BCUT2D eigenvalue weighted by Gasteiger charge is -2.27. The molecule has 190 valence electrons. The van der Waals surface area contributed by atoms with Crippen molar-refractivity contribution >= 4 is 38.8 Å². The number of esters is 1. The molecule has 1 aliphatic rings. The Morgan fingerprint density at radius 1 is 0.892 bits per heavy atom. The van der Waals surface area contributed by atoms with E-state index in [1.165, 1.54) is 21.8 Å². The summed E-state index contributed by atoms with van der Waals surface area (Å²) in [5, 5.41) is 2.48. The number of nitrogens with zero attached hydrogens (tertiary/aromatic N) is 4. The van der Waals surface area contributed by atoms with Crippen molar-refractivity contribution in [3.05, 3.63) is 66.2 Å². The number of hydrogen-bond acceptors (Lipinski definition) is 5. The van der Waals surface area contributed by atoms with E-state index in [1.54, 1.807) is 0 Å². The molecule has 7 nitrogen and oxygen atoms in total. The molecule has 0 bridgehead atoms. The number of para-hydroxylation sites is 1. The van der Waals surface area contributed by atoms with Crippen molar-refractivity contribution in [1.29, 1.82) is 0 Å². The molecule has 1 aliphatic heterocycles. The summed E-state index contributed by atoms with van der Waals surface area (Å²) in [6.07, 6.45) is 0. The number of benzene rings is 3. The summed E-state index contributed by atoms with van der Waals surface area (Å²) in [5.41, 5.74) is 5.90. The van der Waals surface area contributed by atoms with E-state index in [4.69, 9.17) is 14.5 Å². The van der Waals surface area contributed by atoms with Gasteiger partial charge in [0.1, 0.15) is 5.82 Å². The number of aromatic nitrogens is 3. The standard InChI is InChI=1S/C30H32N4O3/c1-3-33-26-8-6-5-7-23(26)24-19-21(9-11-27(24)33)29-31-25-20-22(30(35)37-4-2)10-12-28(25)34(29)14-13-32-15-17-36-18-16-32/h5-12,19-20H,3-4,13-18H2,1-2H3. The normalized spacial score (nSPS) is 14.6. The van der Waals surface area contributed by atoms with Gasteiger partial charge in [0, 0.05) is 60.1 Å². The molecule has 0 saturated carbocycles. The second kappa shape index (κ2) is 10.00. The van der Waals surface area contributed by atoms with Gasteiger partial charge in [0.05, 0.1) is 36.4 Å². The highest BCUT2D eigenvalue weighted by molar-refractivity contribution is 6.09. The molecule has 0 amide bonds. The average Bonchev–Trinajstić information content (AvgIpc) is 3.47. The third kappa shape index (κ3) is 4.28. The van der Waals surface area contributed by atoms with Gasteiger partial charge in [0.25, 0.3) is 0 Å². The number of imidazole rings is 1. The highest BCUT2D eigenvalue weighted by atomic mass is 16.5. The van der Waals surface area contributed by atoms with Crippen LogP contribution in [0.5, 0.6) is 0 Å². The van der Waals surface area contributed by atoms with Gasteiger partial charge in [-0.25, -0.2) is 9.78 Å². The van der Waals surface area contributed by atoms with E-state index >= 15 is 0 Å². The van der Waals surface area contributed by atoms with Crippen LogP contribution in [-0.4, -0.2) is 64.4 Å². The Kier molecular flexibility index (Phi) is 6.40. The summed E-state index contributed by atoms with van der Waals surface area (Å²) in [7, 11) is 0. The van der Waals surface area contributed by atoms with E-state index in [-0.39, 0.29) is 5.97 Å². The Balaban J connectivity index is 1.48. The third-order valence-electron chi connectivity index (χ3n) is 7.35. The van der Waals surface area contributed by atoms with E-state index < -0.39 is 0 Å². The SMILES string of the molecule is CCOC(=O)c1ccc2c(c1)nc(-c1ccc3c(c1)c1ccccc1n3CC)n2CCN1CCOCC1. The van der Waals surface area contributed by atoms with Gasteiger partial charge in [-0.3, -0.25) is 4.90 Å². The Bertz CT molecular complexity index is 1590. The van der Waals surface area contributed by atoms with Gasteiger partial charge in [0.15, 0.2) is 0 Å². The first-order chi connectivity index (χ1) is 18.2. The van der Waals surface area contributed by atoms with Crippen LogP contribution in [-0.2, 0) is 22.6 Å². The minimum Gasteiger partial charge on any atom is -0.462 e. The predicted molar refractivity (Wildman–Crippen MR) is 147 cm³/mol. The quantitative estimate of drug-likeness (QED) is 0.285. The van der Waals surface area contributed by atoms with Gasteiger partial charge in [-0.05, 0) is 56.3 Å². The smallest absolute Gasteiger partial charge is 0.338 e. The van der Waals surface area contributed by atoms with E-state index in [1.807, 2.05) is 25.1 Å². The highest BCUT2D eigenvalue weighted by Gasteiger charge is 2.19. The second-order valence-electron chi connectivity index (χ2n) is 9.46. The fraction of sp³-hybridized carbons (Fsp3) is 0.333. The van der Waals surface area contributed by atoms with Gasteiger partial charge in [-0.1, -0.05) is 18.2 Å². The topological polar surface area (TPSA) is 61.5 Å². The number of hydrogen-bond donors (Lipinski definition) is 0. The molecule has 5 aromatic rings. The maximum atomic E-state index is 12.4. The van der Waals surface area contributed by atoms with E-state index in [0.717, 1.165) is 68.4 Å². The van der Waals surface area contributed by atoms with Gasteiger partial charge in [-0.15, -0.1) is 0 Å². The first kappa shape index (κ1) is 23.7. The van der Waals surface area contributed by atoms with Gasteiger partial charge in [0.2, 0.25) is 0 Å². The zero-order valence-corrected chi connectivity index (χ0v) is 21.4. The molecule has 7 heteroatoms. The Labute approximate surface area is 216 Å². The number of fused-ring (bicyclic) bond motifs is 4. The van der Waals surface area contributed by atoms with Crippen LogP contribution in [0.2, 0.25) is 0 Å². The van der Waals surface area contributed by atoms with Gasteiger partial charge >= 0.3 is 5.97 Å². The molecule has 0 aliphatic carbocycles. The van der Waals surface area contributed by atoms with Crippen molar-refractivity contribution in [2.75, 3.05) is 39.5 Å². The maximum Gasteiger partial charge on any atom is 0.338 e. The van der Waals surface area contributed by atoms with Crippen LogP contribution in [0.4, 0.5) is 0 Å². The summed E-state index contributed by atoms with van der Waals surface area (Å²) in [5.74, 6) is 0.599. The van der Waals surface area contributed by atoms with Crippen LogP contribution >= 0.6 is 0 Å². The van der Waals surface area contributed by atoms with E-state index in [0.29, 0.717) is 12.2 Å². The number of aryl methyl sites for hydroxylation is 1. The minimum atomic E-state index is -0.317. The number of carbonyl (C=O) groups excluding carboxylic acids is 1. The lowest BCUT2D eigenvalue weighted by molar-refractivity contribution is 0.0366. The van der Waals surface area contributed by atoms with Crippen LogP contribution in [0.25, 0.3) is 44.2 Å². The molecule has 0 unspecified atom stereocenters. The molecular weight excluding hydrogens is 464 g/mol.